The van der Waals surface area contributed by atoms with E-state index in [2.05, 4.69) is 9.71 Å². The van der Waals surface area contributed by atoms with Crippen LogP contribution in [-0.2, 0) is 21.5 Å². The van der Waals surface area contributed by atoms with E-state index < -0.39 is 16.1 Å². The maximum atomic E-state index is 12.6. The number of methoxy groups -OCH3 is 1. The van der Waals surface area contributed by atoms with E-state index in [-0.39, 0.29) is 18.0 Å². The van der Waals surface area contributed by atoms with E-state index in [4.69, 9.17) is 4.74 Å². The van der Waals surface area contributed by atoms with Gasteiger partial charge in [-0.1, -0.05) is 42.5 Å². The second-order valence-electron chi connectivity index (χ2n) is 5.85. The highest BCUT2D eigenvalue weighted by molar-refractivity contribution is 7.88. The summed E-state index contributed by atoms with van der Waals surface area (Å²) in [6, 6.07) is 16.2. The number of carbonyl (C=O) groups is 1. The summed E-state index contributed by atoms with van der Waals surface area (Å²) < 4.78 is 34.6. The van der Waals surface area contributed by atoms with Gasteiger partial charge in [-0.05, 0) is 23.8 Å². The van der Waals surface area contributed by atoms with Crippen LogP contribution >= 0.6 is 0 Å². The van der Waals surface area contributed by atoms with E-state index in [0.717, 1.165) is 9.87 Å². The molecule has 0 aromatic heterocycles. The Morgan fingerprint density at radius 3 is 2.59 bits per heavy atom. The number of likely N-dealkylation sites (N-methyl/N-ethyl adjacent to an activating group) is 1. The van der Waals surface area contributed by atoms with Crippen LogP contribution in [0.5, 0.6) is 5.75 Å². The van der Waals surface area contributed by atoms with Gasteiger partial charge in [0.15, 0.2) is 0 Å². The smallest absolute Gasteiger partial charge is 0.345 e. The van der Waals surface area contributed by atoms with Gasteiger partial charge in [0.2, 0.25) is 0 Å². The van der Waals surface area contributed by atoms with E-state index in [1.165, 1.54) is 20.2 Å². The monoisotopic (exact) mass is 385 g/mol. The van der Waals surface area contributed by atoms with Crippen LogP contribution in [-0.4, -0.2) is 38.5 Å². The molecule has 0 fully saturated rings. The molecule has 8 heteroatoms. The summed E-state index contributed by atoms with van der Waals surface area (Å²) >= 11 is 0. The number of amides is 1. The van der Waals surface area contributed by atoms with Crippen LogP contribution in [0.25, 0.3) is 0 Å². The van der Waals surface area contributed by atoms with Gasteiger partial charge in [0.25, 0.3) is 5.91 Å². The average Bonchev–Trinajstić information content (AvgIpc) is 2.68. The summed E-state index contributed by atoms with van der Waals surface area (Å²) in [5.41, 5.74) is 1.63. The van der Waals surface area contributed by atoms with Crippen LogP contribution in [0, 0.1) is 0 Å². The molecule has 0 bridgehead atoms. The fourth-order valence-corrected chi connectivity index (χ4v) is 3.47. The normalized spacial score (nSPS) is 15.6. The molecule has 1 heterocycles. The maximum Gasteiger partial charge on any atom is 0.345 e. The van der Waals surface area contributed by atoms with Crippen LogP contribution in [0.4, 0.5) is 0 Å². The first-order valence-corrected chi connectivity index (χ1v) is 9.57. The molecule has 27 heavy (non-hydrogen) atoms. The molecule has 0 unspecified atom stereocenters. The lowest BCUT2D eigenvalue weighted by molar-refractivity contribution is -0.118. The molecular weight excluding hydrogens is 366 g/mol. The van der Waals surface area contributed by atoms with Crippen LogP contribution in [0.1, 0.15) is 11.1 Å². The number of carbonyl (C=O) groups excluding carboxylic acids is 1. The molecule has 3 rings (SSSR count). The molecule has 0 radical (unpaired) electrons. The molecule has 1 aliphatic heterocycles. The zero-order chi connectivity index (χ0) is 19.4. The van der Waals surface area contributed by atoms with Crippen molar-refractivity contribution in [1.82, 2.24) is 9.62 Å². The van der Waals surface area contributed by atoms with Crippen LogP contribution in [0.3, 0.4) is 0 Å². The van der Waals surface area contributed by atoms with Crippen molar-refractivity contribution in [3.05, 3.63) is 77.5 Å². The lowest BCUT2D eigenvalue weighted by Gasteiger charge is -2.23. The number of nitrogens with zero attached hydrogens (tertiary/aromatic N) is 2. The highest BCUT2D eigenvalue weighted by Crippen LogP contribution is 2.22. The van der Waals surface area contributed by atoms with Gasteiger partial charge in [0.05, 0.1) is 12.8 Å². The lowest BCUT2D eigenvalue weighted by atomic mass is 10.1. The number of ether oxygens (including phenoxy) is 1. The van der Waals surface area contributed by atoms with Gasteiger partial charge < -0.3 is 10.1 Å². The zero-order valence-corrected chi connectivity index (χ0v) is 15.7. The fourth-order valence-electron chi connectivity index (χ4n) is 2.55. The highest BCUT2D eigenvalue weighted by Gasteiger charge is 2.29. The summed E-state index contributed by atoms with van der Waals surface area (Å²) in [5.74, 6) is 0.0650. The molecule has 1 aliphatic rings. The molecule has 1 amide bonds. The standard InChI is InChI=1S/C19H19N3O4S/c1-22-18(19(23)20-13-14-7-4-3-5-8-14)12-17(21-27(22,24)25)15-9-6-10-16(11-15)26-2/h3-12H,13H2,1-2H3,(H,20,23). The molecule has 0 saturated carbocycles. The van der Waals surface area contributed by atoms with Crippen molar-refractivity contribution in [1.29, 1.82) is 0 Å². The first-order chi connectivity index (χ1) is 12.9. The summed E-state index contributed by atoms with van der Waals surface area (Å²) in [4.78, 5) is 12.6. The van der Waals surface area contributed by atoms with E-state index in [9.17, 15) is 13.2 Å². The summed E-state index contributed by atoms with van der Waals surface area (Å²) in [7, 11) is -1.18. The minimum absolute atomic E-state index is 0.00116. The zero-order valence-electron chi connectivity index (χ0n) is 14.9. The van der Waals surface area contributed by atoms with Crippen molar-refractivity contribution < 1.29 is 17.9 Å². The summed E-state index contributed by atoms with van der Waals surface area (Å²) in [6.07, 6.45) is 1.45. The Balaban J connectivity index is 1.89. The van der Waals surface area contributed by atoms with Crippen LogP contribution in [0.2, 0.25) is 0 Å². The molecule has 2 aromatic carbocycles. The molecule has 1 N–H and O–H groups in total. The van der Waals surface area contributed by atoms with E-state index >= 15 is 0 Å². The molecule has 0 saturated heterocycles. The van der Waals surface area contributed by atoms with Crippen molar-refractivity contribution in [2.45, 2.75) is 6.54 Å². The Kier molecular flexibility index (Phi) is 5.27. The Bertz CT molecular complexity index is 1010. The van der Waals surface area contributed by atoms with Crippen LogP contribution in [0.15, 0.2) is 70.8 Å². The van der Waals surface area contributed by atoms with Crippen LogP contribution < -0.4 is 10.1 Å². The molecule has 2 aromatic rings. The fraction of sp³-hybridized carbons (Fsp3) is 0.158. The van der Waals surface area contributed by atoms with Gasteiger partial charge >= 0.3 is 10.2 Å². The number of benzene rings is 2. The van der Waals surface area contributed by atoms with Gasteiger partial charge in [-0.25, -0.2) is 4.31 Å². The van der Waals surface area contributed by atoms with Gasteiger partial charge in [0, 0.05) is 19.2 Å². The van der Waals surface area contributed by atoms with Gasteiger partial charge in [-0.15, -0.1) is 4.40 Å². The van der Waals surface area contributed by atoms with Crippen molar-refractivity contribution in [3.63, 3.8) is 0 Å². The quantitative estimate of drug-likeness (QED) is 0.851. The highest BCUT2D eigenvalue weighted by atomic mass is 32.2. The second kappa shape index (κ2) is 7.63. The SMILES string of the molecule is COc1cccc(C2=NS(=O)(=O)N(C)C(C(=O)NCc3ccccc3)=C2)c1. The van der Waals surface area contributed by atoms with Gasteiger partial charge in [-0.2, -0.15) is 8.42 Å². The topological polar surface area (TPSA) is 88.1 Å². The number of hydrogen-bond acceptors (Lipinski definition) is 4. The summed E-state index contributed by atoms with van der Waals surface area (Å²) in [6.45, 7) is 0.288. The van der Waals surface area contributed by atoms with Crippen molar-refractivity contribution in [2.75, 3.05) is 14.2 Å². The number of allylic oxidation sites excluding steroid dienone is 1. The molecule has 140 valence electrons. The van der Waals surface area contributed by atoms with Crippen molar-refractivity contribution in [2.24, 2.45) is 4.40 Å². The Hall–Kier alpha value is -3.13. The third-order valence-corrected chi connectivity index (χ3v) is 5.38. The van der Waals surface area contributed by atoms with Gasteiger partial charge in [-0.3, -0.25) is 4.79 Å². The molecular formula is C19H19N3O4S. The van der Waals surface area contributed by atoms with E-state index in [1.54, 1.807) is 24.3 Å². The third kappa shape index (κ3) is 4.17. The summed E-state index contributed by atoms with van der Waals surface area (Å²) in [5, 5.41) is 2.74. The Morgan fingerprint density at radius 2 is 1.89 bits per heavy atom. The largest absolute Gasteiger partial charge is 0.497 e. The number of rotatable bonds is 5. The molecule has 0 atom stereocenters. The first kappa shape index (κ1) is 18.7. The molecule has 0 aliphatic carbocycles. The van der Waals surface area contributed by atoms with E-state index in [1.807, 2.05) is 30.3 Å². The maximum absolute atomic E-state index is 12.6. The Morgan fingerprint density at radius 1 is 1.15 bits per heavy atom. The lowest BCUT2D eigenvalue weighted by Crippen LogP contribution is -2.38. The first-order valence-electron chi connectivity index (χ1n) is 8.18. The van der Waals surface area contributed by atoms with Crippen molar-refractivity contribution >= 4 is 21.8 Å². The molecule has 0 spiro atoms. The number of hydrogen-bond donors (Lipinski definition) is 1. The predicted octanol–water partition coefficient (Wildman–Crippen LogP) is 1.87. The number of nitrogens with one attached hydrogen (secondary N) is 1. The third-order valence-electron chi connectivity index (χ3n) is 4.07. The predicted molar refractivity (Wildman–Crippen MR) is 103 cm³/mol. The minimum atomic E-state index is -4.00. The second-order valence-corrected chi connectivity index (χ2v) is 7.48. The van der Waals surface area contributed by atoms with E-state index in [0.29, 0.717) is 11.3 Å². The van der Waals surface area contributed by atoms with Gasteiger partial charge in [0.1, 0.15) is 11.4 Å². The average molecular weight is 385 g/mol. The van der Waals surface area contributed by atoms with Crippen molar-refractivity contribution in [3.8, 4) is 5.75 Å². The Labute approximate surface area is 158 Å². The molecule has 7 nitrogen and oxygen atoms in total. The minimum Gasteiger partial charge on any atom is -0.497 e.